The van der Waals surface area contributed by atoms with Crippen LogP contribution in [0.1, 0.15) is 23.2 Å². The standard InChI is InChI=1S/C31H23BrN4O5/c1-40-21-8-6-20(7-9-21)33-30-23-15-18(28-3-2-14-41-28)4-10-25(23)34-31(35-30)36-17-24(27(37)12-13-29(38)39)22-16-19(32)5-11-26(22)36/h2-11,14-17H,12-13H2,1H3,(H,38,39)(H,33,34,35). The highest BCUT2D eigenvalue weighted by Crippen LogP contribution is 2.33. The van der Waals surface area contributed by atoms with Crippen molar-refractivity contribution in [3.63, 3.8) is 0 Å². The number of carbonyl (C=O) groups is 2. The fourth-order valence-electron chi connectivity index (χ4n) is 4.67. The van der Waals surface area contributed by atoms with E-state index in [0.717, 1.165) is 32.6 Å². The molecular weight excluding hydrogens is 588 g/mol. The predicted octanol–water partition coefficient (Wildman–Crippen LogP) is 7.40. The summed E-state index contributed by atoms with van der Waals surface area (Å²) in [5.41, 5.74) is 3.47. The minimum absolute atomic E-state index is 0.112. The van der Waals surface area contributed by atoms with Crippen LogP contribution in [-0.2, 0) is 4.79 Å². The Bertz CT molecular complexity index is 1910. The Morgan fingerprint density at radius 2 is 1.83 bits per heavy atom. The Balaban J connectivity index is 1.52. The van der Waals surface area contributed by atoms with E-state index in [1.807, 2.05) is 72.8 Å². The Kier molecular flexibility index (Phi) is 6.98. The molecule has 0 fully saturated rings. The number of ketones is 1. The lowest BCUT2D eigenvalue weighted by molar-refractivity contribution is -0.136. The number of furan rings is 1. The third-order valence-corrected chi connectivity index (χ3v) is 7.18. The van der Waals surface area contributed by atoms with Gasteiger partial charge in [-0.25, -0.2) is 4.98 Å². The molecule has 0 amide bonds. The molecule has 41 heavy (non-hydrogen) atoms. The number of ether oxygens (including phenoxy) is 1. The molecule has 0 aliphatic rings. The molecule has 0 atom stereocenters. The van der Waals surface area contributed by atoms with Crippen molar-refractivity contribution in [3.8, 4) is 23.0 Å². The molecule has 0 saturated heterocycles. The van der Waals surface area contributed by atoms with Gasteiger partial charge in [-0.3, -0.25) is 14.2 Å². The average Bonchev–Trinajstić information content (AvgIpc) is 3.65. The maximum absolute atomic E-state index is 13.1. The number of aromatic nitrogens is 3. The van der Waals surface area contributed by atoms with E-state index in [0.29, 0.717) is 33.7 Å². The number of hydrogen-bond donors (Lipinski definition) is 2. The van der Waals surface area contributed by atoms with Crippen molar-refractivity contribution in [2.45, 2.75) is 12.8 Å². The predicted molar refractivity (Wildman–Crippen MR) is 159 cm³/mol. The summed E-state index contributed by atoms with van der Waals surface area (Å²) >= 11 is 3.49. The van der Waals surface area contributed by atoms with Crippen LogP contribution < -0.4 is 10.1 Å². The number of benzene rings is 3. The first kappa shape index (κ1) is 26.3. The van der Waals surface area contributed by atoms with Gasteiger partial charge in [-0.1, -0.05) is 15.9 Å². The second-order valence-corrected chi connectivity index (χ2v) is 10.2. The molecule has 0 aliphatic heterocycles. The SMILES string of the molecule is COc1ccc(Nc2nc(-n3cc(C(=O)CCC(=O)O)c4cc(Br)ccc43)nc3ccc(-c4ccco4)cc23)cc1. The first-order chi connectivity index (χ1) is 19.9. The van der Waals surface area contributed by atoms with Crippen LogP contribution in [0.15, 0.2) is 94.1 Å². The number of methoxy groups -OCH3 is 1. The molecule has 10 heteroatoms. The van der Waals surface area contributed by atoms with E-state index in [-0.39, 0.29) is 18.6 Å². The van der Waals surface area contributed by atoms with Gasteiger partial charge >= 0.3 is 5.97 Å². The van der Waals surface area contributed by atoms with Gasteiger partial charge < -0.3 is 19.6 Å². The van der Waals surface area contributed by atoms with Crippen LogP contribution in [0.2, 0.25) is 0 Å². The monoisotopic (exact) mass is 610 g/mol. The van der Waals surface area contributed by atoms with Crippen LogP contribution in [-0.4, -0.2) is 38.5 Å². The molecule has 3 aromatic heterocycles. The minimum atomic E-state index is -1.02. The fourth-order valence-corrected chi connectivity index (χ4v) is 5.03. The van der Waals surface area contributed by atoms with Gasteiger partial charge in [0.1, 0.15) is 17.3 Å². The van der Waals surface area contributed by atoms with Gasteiger partial charge in [0.05, 0.1) is 30.8 Å². The molecule has 3 aromatic carbocycles. The van der Waals surface area contributed by atoms with Crippen LogP contribution in [0.5, 0.6) is 5.75 Å². The van der Waals surface area contributed by atoms with Gasteiger partial charge in [-0.2, -0.15) is 4.98 Å². The van der Waals surface area contributed by atoms with E-state index in [2.05, 4.69) is 21.2 Å². The Hall–Kier alpha value is -4.96. The first-order valence-electron chi connectivity index (χ1n) is 12.7. The van der Waals surface area contributed by atoms with E-state index in [1.54, 1.807) is 24.1 Å². The maximum Gasteiger partial charge on any atom is 0.303 e. The van der Waals surface area contributed by atoms with E-state index in [1.165, 1.54) is 0 Å². The lowest BCUT2D eigenvalue weighted by atomic mass is 10.1. The summed E-state index contributed by atoms with van der Waals surface area (Å²) in [5, 5.41) is 14.0. The van der Waals surface area contributed by atoms with Gasteiger partial charge in [-0.05, 0) is 72.8 Å². The molecular formula is C31H23BrN4O5. The third kappa shape index (κ3) is 5.29. The highest BCUT2D eigenvalue weighted by Gasteiger charge is 2.20. The zero-order valence-electron chi connectivity index (χ0n) is 21.8. The summed E-state index contributed by atoms with van der Waals surface area (Å²) in [6.07, 6.45) is 2.94. The molecule has 0 radical (unpaired) electrons. The molecule has 204 valence electrons. The van der Waals surface area contributed by atoms with Crippen molar-refractivity contribution in [2.75, 3.05) is 12.4 Å². The van der Waals surface area contributed by atoms with Gasteiger partial charge in [0.15, 0.2) is 5.78 Å². The first-order valence-corrected chi connectivity index (χ1v) is 13.5. The molecule has 0 bridgehead atoms. The highest BCUT2D eigenvalue weighted by atomic mass is 79.9. The number of hydrogen-bond acceptors (Lipinski definition) is 7. The van der Waals surface area contributed by atoms with Crippen LogP contribution in [0.3, 0.4) is 0 Å². The molecule has 9 nitrogen and oxygen atoms in total. The number of aliphatic carboxylic acids is 1. The molecule has 0 spiro atoms. The smallest absolute Gasteiger partial charge is 0.303 e. The second-order valence-electron chi connectivity index (χ2n) is 9.33. The lowest BCUT2D eigenvalue weighted by Crippen LogP contribution is -2.05. The number of anilines is 2. The van der Waals surface area contributed by atoms with Gasteiger partial charge in [0.25, 0.3) is 0 Å². The summed E-state index contributed by atoms with van der Waals surface area (Å²) < 4.78 is 13.5. The molecule has 0 aliphatic carbocycles. The molecule has 6 rings (SSSR count). The Morgan fingerprint density at radius 1 is 1.00 bits per heavy atom. The van der Waals surface area contributed by atoms with Crippen molar-refractivity contribution in [3.05, 3.63) is 95.3 Å². The zero-order chi connectivity index (χ0) is 28.5. The van der Waals surface area contributed by atoms with Gasteiger partial charge in [0, 0.05) is 44.7 Å². The molecule has 2 N–H and O–H groups in total. The van der Waals surface area contributed by atoms with E-state index < -0.39 is 5.97 Å². The number of Topliss-reactive ketones (excluding diaryl/α,β-unsaturated/α-hetero) is 1. The summed E-state index contributed by atoms with van der Waals surface area (Å²) in [6, 6.07) is 22.6. The van der Waals surface area contributed by atoms with Crippen molar-refractivity contribution >= 4 is 61.0 Å². The number of carboxylic acids is 1. The third-order valence-electron chi connectivity index (χ3n) is 6.69. The van der Waals surface area contributed by atoms with Crippen molar-refractivity contribution in [1.29, 1.82) is 0 Å². The number of fused-ring (bicyclic) bond motifs is 2. The van der Waals surface area contributed by atoms with Crippen molar-refractivity contribution in [1.82, 2.24) is 14.5 Å². The molecule has 3 heterocycles. The topological polar surface area (TPSA) is 119 Å². The van der Waals surface area contributed by atoms with E-state index in [4.69, 9.17) is 24.2 Å². The fraction of sp³-hybridized carbons (Fsp3) is 0.0968. The summed E-state index contributed by atoms with van der Waals surface area (Å²) in [6.45, 7) is 0. The molecule has 0 unspecified atom stereocenters. The number of nitrogens with one attached hydrogen (secondary N) is 1. The van der Waals surface area contributed by atoms with Crippen LogP contribution in [0.25, 0.3) is 39.1 Å². The molecule has 0 saturated carbocycles. The lowest BCUT2D eigenvalue weighted by Gasteiger charge is -2.13. The number of nitrogens with zero attached hydrogens (tertiary/aromatic N) is 3. The highest BCUT2D eigenvalue weighted by molar-refractivity contribution is 9.10. The second kappa shape index (κ2) is 10.9. The minimum Gasteiger partial charge on any atom is -0.497 e. The van der Waals surface area contributed by atoms with Crippen molar-refractivity contribution < 1.29 is 23.8 Å². The van der Waals surface area contributed by atoms with Crippen molar-refractivity contribution in [2.24, 2.45) is 0 Å². The normalized spacial score (nSPS) is 11.2. The maximum atomic E-state index is 13.1. The van der Waals surface area contributed by atoms with E-state index in [9.17, 15) is 9.59 Å². The molecule has 6 aromatic rings. The van der Waals surface area contributed by atoms with E-state index >= 15 is 0 Å². The van der Waals surface area contributed by atoms with Gasteiger partial charge in [0.2, 0.25) is 5.95 Å². The number of halogens is 1. The largest absolute Gasteiger partial charge is 0.497 e. The number of carbonyl (C=O) groups excluding carboxylic acids is 1. The summed E-state index contributed by atoms with van der Waals surface area (Å²) in [5.74, 6) is 1.07. The van der Waals surface area contributed by atoms with Crippen LogP contribution >= 0.6 is 15.9 Å². The summed E-state index contributed by atoms with van der Waals surface area (Å²) in [4.78, 5) is 34.0. The number of carboxylic acid groups (broad SMARTS) is 1. The van der Waals surface area contributed by atoms with Gasteiger partial charge in [-0.15, -0.1) is 0 Å². The Morgan fingerprint density at radius 3 is 2.56 bits per heavy atom. The quantitative estimate of drug-likeness (QED) is 0.162. The zero-order valence-corrected chi connectivity index (χ0v) is 23.4. The number of rotatable bonds is 9. The van der Waals surface area contributed by atoms with Crippen LogP contribution in [0, 0.1) is 0 Å². The Labute approximate surface area is 242 Å². The van der Waals surface area contributed by atoms with Crippen LogP contribution in [0.4, 0.5) is 11.5 Å². The summed E-state index contributed by atoms with van der Waals surface area (Å²) in [7, 11) is 1.61. The average molecular weight is 611 g/mol.